The fourth-order valence-electron chi connectivity index (χ4n) is 1.66. The molecule has 2 amide bonds. The zero-order valence-corrected chi connectivity index (χ0v) is 11.8. The van der Waals surface area contributed by atoms with Crippen LogP contribution in [0.5, 0.6) is 0 Å². The predicted molar refractivity (Wildman–Crippen MR) is 76.8 cm³/mol. The lowest BCUT2D eigenvalue weighted by molar-refractivity contribution is 0.259. The highest BCUT2D eigenvalue weighted by Gasteiger charge is 2.16. The number of rotatable bonds is 4. The van der Waals surface area contributed by atoms with Gasteiger partial charge in [-0.2, -0.15) is 0 Å². The Balaban J connectivity index is 2.23. The Kier molecular flexibility index (Phi) is 4.27. The van der Waals surface area contributed by atoms with Crippen LogP contribution in [0.1, 0.15) is 0 Å². The number of carbonyl (C=O) groups is 1. The molecule has 9 heteroatoms. The summed E-state index contributed by atoms with van der Waals surface area (Å²) >= 11 is 0. The first-order chi connectivity index (χ1) is 10.3. The topological polar surface area (TPSA) is 101 Å². The number of hydrogen-bond acceptors (Lipinski definition) is 3. The molecule has 6 nitrogen and oxygen atoms in total. The zero-order valence-electron chi connectivity index (χ0n) is 11.0. The van der Waals surface area contributed by atoms with Crippen molar-refractivity contribution in [3.8, 4) is 0 Å². The van der Waals surface area contributed by atoms with Crippen LogP contribution in [0.2, 0.25) is 0 Å². The minimum Gasteiger partial charge on any atom is -0.351 e. The number of hydrogen-bond donors (Lipinski definition) is 3. The summed E-state index contributed by atoms with van der Waals surface area (Å²) in [5.41, 5.74) is 5.46. The molecule has 0 fully saturated rings. The third kappa shape index (κ3) is 3.92. The maximum absolute atomic E-state index is 13.1. The second kappa shape index (κ2) is 5.98. The molecule has 0 bridgehead atoms. The van der Waals surface area contributed by atoms with Crippen molar-refractivity contribution in [2.24, 2.45) is 5.73 Å². The molecule has 22 heavy (non-hydrogen) atoms. The van der Waals surface area contributed by atoms with Crippen LogP contribution in [0.25, 0.3) is 0 Å². The monoisotopic (exact) mass is 327 g/mol. The third-order valence-corrected chi connectivity index (χ3v) is 3.91. The summed E-state index contributed by atoms with van der Waals surface area (Å²) < 4.78 is 52.4. The summed E-state index contributed by atoms with van der Waals surface area (Å²) in [6.07, 6.45) is 0. The highest BCUT2D eigenvalue weighted by molar-refractivity contribution is 7.92. The van der Waals surface area contributed by atoms with Gasteiger partial charge in [0.25, 0.3) is 10.0 Å². The average Bonchev–Trinajstić information content (AvgIpc) is 2.39. The van der Waals surface area contributed by atoms with Crippen molar-refractivity contribution in [3.63, 3.8) is 0 Å². The third-order valence-electron chi connectivity index (χ3n) is 2.55. The van der Waals surface area contributed by atoms with E-state index in [1.165, 1.54) is 24.3 Å². The summed E-state index contributed by atoms with van der Waals surface area (Å²) in [6.45, 7) is 0. The van der Waals surface area contributed by atoms with E-state index in [-0.39, 0.29) is 5.69 Å². The van der Waals surface area contributed by atoms with Gasteiger partial charge in [-0.1, -0.05) is 0 Å². The van der Waals surface area contributed by atoms with Gasteiger partial charge in [-0.3, -0.25) is 4.72 Å². The Morgan fingerprint density at radius 2 is 1.45 bits per heavy atom. The van der Waals surface area contributed by atoms with Crippen LogP contribution >= 0.6 is 0 Å². The lowest BCUT2D eigenvalue weighted by Crippen LogP contribution is -2.19. The molecule has 0 aromatic heterocycles. The number of nitrogens with two attached hydrogens (primary N) is 1. The first-order valence-electron chi connectivity index (χ1n) is 5.92. The van der Waals surface area contributed by atoms with Gasteiger partial charge in [-0.25, -0.2) is 22.0 Å². The Morgan fingerprint density at radius 1 is 0.955 bits per heavy atom. The van der Waals surface area contributed by atoms with E-state index in [9.17, 15) is 22.0 Å². The summed E-state index contributed by atoms with van der Waals surface area (Å²) in [5.74, 6) is -2.00. The van der Waals surface area contributed by atoms with Crippen molar-refractivity contribution < 1.29 is 22.0 Å². The molecule has 2 rings (SSSR count). The van der Waals surface area contributed by atoms with Crippen molar-refractivity contribution >= 4 is 27.4 Å². The van der Waals surface area contributed by atoms with Crippen LogP contribution in [0.3, 0.4) is 0 Å². The number of benzene rings is 2. The number of sulfonamides is 1. The van der Waals surface area contributed by atoms with Crippen LogP contribution in [0.4, 0.5) is 25.0 Å². The van der Waals surface area contributed by atoms with Gasteiger partial charge in [-0.15, -0.1) is 0 Å². The van der Waals surface area contributed by atoms with Crippen LogP contribution in [0.15, 0.2) is 47.4 Å². The van der Waals surface area contributed by atoms with Crippen molar-refractivity contribution in [1.82, 2.24) is 0 Å². The molecule has 0 radical (unpaired) electrons. The molecule has 0 aliphatic heterocycles. The second-order valence-corrected chi connectivity index (χ2v) is 5.96. The van der Waals surface area contributed by atoms with Crippen LogP contribution in [-0.4, -0.2) is 14.4 Å². The first-order valence-corrected chi connectivity index (χ1v) is 7.40. The van der Waals surface area contributed by atoms with E-state index in [0.717, 1.165) is 0 Å². The smallest absolute Gasteiger partial charge is 0.316 e. The molecule has 2 aromatic carbocycles. The molecule has 0 aliphatic carbocycles. The van der Waals surface area contributed by atoms with E-state index in [2.05, 4.69) is 10.0 Å². The Morgan fingerprint density at radius 3 is 1.95 bits per heavy atom. The lowest BCUT2D eigenvalue weighted by atomic mass is 10.3. The number of nitrogens with one attached hydrogen (secondary N) is 2. The van der Waals surface area contributed by atoms with Crippen molar-refractivity contribution in [2.45, 2.75) is 4.90 Å². The standard InChI is InChI=1S/C13H11F2N3O3S/c14-8-5-9(15)7-12(6-8)22(20,21)18-11-3-1-10(2-4-11)17-13(16)19/h1-7,18H,(H3,16,17,19). The molecular formula is C13H11F2N3O3S. The van der Waals surface area contributed by atoms with Gasteiger partial charge in [0.1, 0.15) is 11.6 Å². The molecule has 116 valence electrons. The average molecular weight is 327 g/mol. The van der Waals surface area contributed by atoms with Gasteiger partial charge >= 0.3 is 6.03 Å². The summed E-state index contributed by atoms with van der Waals surface area (Å²) in [4.78, 5) is 10.1. The van der Waals surface area contributed by atoms with E-state index < -0.39 is 32.6 Å². The molecule has 0 saturated carbocycles. The fourth-order valence-corrected chi connectivity index (χ4v) is 2.76. The molecule has 0 aliphatic rings. The summed E-state index contributed by atoms with van der Waals surface area (Å²) in [5, 5.41) is 2.30. The predicted octanol–water partition coefficient (Wildman–Crippen LogP) is 2.26. The normalized spacial score (nSPS) is 11.0. The maximum Gasteiger partial charge on any atom is 0.316 e. The minimum absolute atomic E-state index is 0.152. The van der Waals surface area contributed by atoms with Gasteiger partial charge < -0.3 is 11.1 Å². The molecule has 0 unspecified atom stereocenters. The van der Waals surface area contributed by atoms with Gasteiger partial charge in [-0.05, 0) is 36.4 Å². The second-order valence-electron chi connectivity index (χ2n) is 4.28. The van der Waals surface area contributed by atoms with Crippen molar-refractivity contribution in [3.05, 3.63) is 54.1 Å². The molecular weight excluding hydrogens is 316 g/mol. The maximum atomic E-state index is 13.1. The molecule has 0 heterocycles. The Labute approximate surface area is 125 Å². The van der Waals surface area contributed by atoms with Crippen LogP contribution in [-0.2, 0) is 10.0 Å². The molecule has 4 N–H and O–H groups in total. The highest BCUT2D eigenvalue weighted by Crippen LogP contribution is 2.19. The largest absolute Gasteiger partial charge is 0.351 e. The van der Waals surface area contributed by atoms with E-state index in [1.54, 1.807) is 0 Å². The van der Waals surface area contributed by atoms with Gasteiger partial charge in [0, 0.05) is 17.4 Å². The summed E-state index contributed by atoms with van der Waals surface area (Å²) in [6, 6.07) is 6.76. The van der Waals surface area contributed by atoms with E-state index >= 15 is 0 Å². The van der Waals surface area contributed by atoms with E-state index in [0.29, 0.717) is 23.9 Å². The lowest BCUT2D eigenvalue weighted by Gasteiger charge is -2.09. The van der Waals surface area contributed by atoms with Crippen LogP contribution in [0, 0.1) is 11.6 Å². The van der Waals surface area contributed by atoms with Gasteiger partial charge in [0.15, 0.2) is 0 Å². The minimum atomic E-state index is -4.14. The first kappa shape index (κ1) is 15.7. The SMILES string of the molecule is NC(=O)Nc1ccc(NS(=O)(=O)c2cc(F)cc(F)c2)cc1. The number of halogens is 2. The number of carbonyl (C=O) groups excluding carboxylic acids is 1. The van der Waals surface area contributed by atoms with Crippen molar-refractivity contribution in [2.75, 3.05) is 10.0 Å². The fraction of sp³-hybridized carbons (Fsp3) is 0. The molecule has 0 spiro atoms. The van der Waals surface area contributed by atoms with Gasteiger partial charge in [0.05, 0.1) is 4.90 Å². The molecule has 0 saturated heterocycles. The number of urea groups is 1. The Hall–Kier alpha value is -2.68. The van der Waals surface area contributed by atoms with Crippen molar-refractivity contribution in [1.29, 1.82) is 0 Å². The highest BCUT2D eigenvalue weighted by atomic mass is 32.2. The van der Waals surface area contributed by atoms with Gasteiger partial charge in [0.2, 0.25) is 0 Å². The number of amides is 2. The zero-order chi connectivity index (χ0) is 16.3. The van der Waals surface area contributed by atoms with E-state index in [1.807, 2.05) is 0 Å². The number of anilines is 2. The molecule has 2 aromatic rings. The summed E-state index contributed by atoms with van der Waals surface area (Å²) in [7, 11) is -4.14. The molecule has 0 atom stereocenters. The quantitative estimate of drug-likeness (QED) is 0.802. The van der Waals surface area contributed by atoms with Crippen LogP contribution < -0.4 is 15.8 Å². The number of primary amides is 1. The Bertz CT molecular complexity index is 788. The van der Waals surface area contributed by atoms with E-state index in [4.69, 9.17) is 5.73 Å².